The van der Waals surface area contributed by atoms with Gasteiger partial charge in [0.05, 0.1) is 11.1 Å². The quantitative estimate of drug-likeness (QED) is 0.665. The second kappa shape index (κ2) is 5.05. The second-order valence-corrected chi connectivity index (χ2v) is 5.46. The molecule has 0 spiro atoms. The fourth-order valence-corrected chi connectivity index (χ4v) is 2.58. The summed E-state index contributed by atoms with van der Waals surface area (Å²) in [5, 5.41) is 3.95. The summed E-state index contributed by atoms with van der Waals surface area (Å²) >= 11 is 2.22. The Hall–Kier alpha value is -1.82. The predicted octanol–water partition coefficient (Wildman–Crippen LogP) is 4.02. The Bertz CT molecular complexity index is 748. The van der Waals surface area contributed by atoms with E-state index < -0.39 is 0 Å². The summed E-state index contributed by atoms with van der Waals surface area (Å²) in [6, 6.07) is 15.4. The number of fused-ring (bicyclic) bond motifs is 1. The van der Waals surface area contributed by atoms with Crippen LogP contribution in [-0.2, 0) is 0 Å². The molecule has 1 amide bonds. The number of hydrogen-bond acceptors (Lipinski definition) is 1. The molecule has 3 nitrogen and oxygen atoms in total. The van der Waals surface area contributed by atoms with E-state index in [4.69, 9.17) is 0 Å². The average molecular weight is 362 g/mol. The molecule has 1 heterocycles. The molecule has 3 aromatic rings. The molecule has 19 heavy (non-hydrogen) atoms. The molecule has 0 aliphatic heterocycles. The van der Waals surface area contributed by atoms with Gasteiger partial charge in [0.25, 0.3) is 5.91 Å². The van der Waals surface area contributed by atoms with Gasteiger partial charge in [-0.25, -0.2) is 0 Å². The van der Waals surface area contributed by atoms with Gasteiger partial charge < -0.3 is 10.3 Å². The zero-order valence-electron chi connectivity index (χ0n) is 9.98. The van der Waals surface area contributed by atoms with Gasteiger partial charge in [-0.3, -0.25) is 4.79 Å². The Morgan fingerprint density at radius 1 is 1.11 bits per heavy atom. The van der Waals surface area contributed by atoms with E-state index in [9.17, 15) is 4.79 Å². The number of H-pyrrole nitrogens is 1. The fourth-order valence-electron chi connectivity index (χ4n) is 2.04. The van der Waals surface area contributed by atoms with Crippen molar-refractivity contribution in [2.75, 3.05) is 5.32 Å². The first-order valence-electron chi connectivity index (χ1n) is 5.87. The van der Waals surface area contributed by atoms with Crippen LogP contribution in [0.4, 0.5) is 5.69 Å². The van der Waals surface area contributed by atoms with Crippen molar-refractivity contribution in [2.24, 2.45) is 0 Å². The zero-order chi connectivity index (χ0) is 13.2. The van der Waals surface area contributed by atoms with E-state index in [0.29, 0.717) is 5.56 Å². The number of carbonyl (C=O) groups excluding carboxylic acids is 1. The van der Waals surface area contributed by atoms with Gasteiger partial charge in [-0.2, -0.15) is 0 Å². The highest BCUT2D eigenvalue weighted by atomic mass is 127. The van der Waals surface area contributed by atoms with E-state index in [1.807, 2.05) is 54.7 Å². The molecule has 0 fully saturated rings. The number of aromatic amines is 1. The molecule has 0 aliphatic carbocycles. The van der Waals surface area contributed by atoms with Crippen LogP contribution >= 0.6 is 22.6 Å². The standard InChI is InChI=1S/C15H11IN2O/c16-11-4-2-5-12(9-11)18-15(19)13-6-1-3-10-7-8-17-14(10)13/h1-9,17H,(H,18,19). The van der Waals surface area contributed by atoms with Crippen LogP contribution in [0.5, 0.6) is 0 Å². The van der Waals surface area contributed by atoms with Crippen LogP contribution in [0.25, 0.3) is 10.9 Å². The van der Waals surface area contributed by atoms with Gasteiger partial charge in [0.15, 0.2) is 0 Å². The van der Waals surface area contributed by atoms with E-state index in [-0.39, 0.29) is 5.91 Å². The molecule has 3 rings (SSSR count). The van der Waals surface area contributed by atoms with Crippen LogP contribution in [0.3, 0.4) is 0 Å². The van der Waals surface area contributed by atoms with E-state index in [0.717, 1.165) is 20.2 Å². The van der Waals surface area contributed by atoms with Crippen molar-refractivity contribution in [3.05, 3.63) is 63.9 Å². The number of anilines is 1. The number of rotatable bonds is 2. The third-order valence-corrected chi connectivity index (χ3v) is 3.59. The summed E-state index contributed by atoms with van der Waals surface area (Å²) in [4.78, 5) is 15.4. The predicted molar refractivity (Wildman–Crippen MR) is 85.4 cm³/mol. The third-order valence-electron chi connectivity index (χ3n) is 2.91. The van der Waals surface area contributed by atoms with Crippen molar-refractivity contribution in [3.63, 3.8) is 0 Å². The molecule has 0 saturated carbocycles. The lowest BCUT2D eigenvalue weighted by Crippen LogP contribution is -2.12. The maximum atomic E-state index is 12.3. The normalized spacial score (nSPS) is 10.6. The average Bonchev–Trinajstić information content (AvgIpc) is 2.86. The van der Waals surface area contributed by atoms with Gasteiger partial charge >= 0.3 is 0 Å². The van der Waals surface area contributed by atoms with E-state index in [1.165, 1.54) is 0 Å². The Labute approximate surface area is 124 Å². The van der Waals surface area contributed by atoms with Gasteiger partial charge in [0.2, 0.25) is 0 Å². The number of halogens is 1. The Morgan fingerprint density at radius 2 is 1.95 bits per heavy atom. The first-order valence-corrected chi connectivity index (χ1v) is 6.95. The number of para-hydroxylation sites is 1. The first-order chi connectivity index (χ1) is 9.24. The van der Waals surface area contributed by atoms with Crippen molar-refractivity contribution in [1.82, 2.24) is 4.98 Å². The first kappa shape index (κ1) is 12.2. The lowest BCUT2D eigenvalue weighted by molar-refractivity contribution is 0.102. The number of nitrogens with one attached hydrogen (secondary N) is 2. The summed E-state index contributed by atoms with van der Waals surface area (Å²) in [5.41, 5.74) is 2.33. The van der Waals surface area contributed by atoms with Gasteiger partial charge in [0, 0.05) is 20.8 Å². The Kier molecular flexibility index (Phi) is 3.25. The summed E-state index contributed by atoms with van der Waals surface area (Å²) in [6.45, 7) is 0. The van der Waals surface area contributed by atoms with Gasteiger partial charge in [-0.05, 0) is 52.9 Å². The number of aromatic nitrogens is 1. The summed E-state index contributed by atoms with van der Waals surface area (Å²) in [6.07, 6.45) is 1.84. The molecule has 0 saturated heterocycles. The molecule has 4 heteroatoms. The molecule has 2 aromatic carbocycles. The minimum absolute atomic E-state index is 0.102. The van der Waals surface area contributed by atoms with Crippen LogP contribution in [-0.4, -0.2) is 10.9 Å². The Balaban J connectivity index is 1.94. The lowest BCUT2D eigenvalue weighted by Gasteiger charge is -2.06. The summed E-state index contributed by atoms with van der Waals surface area (Å²) in [7, 11) is 0. The number of carbonyl (C=O) groups is 1. The largest absolute Gasteiger partial charge is 0.361 e. The van der Waals surface area contributed by atoms with Gasteiger partial charge in [0.1, 0.15) is 0 Å². The van der Waals surface area contributed by atoms with Crippen molar-refractivity contribution in [1.29, 1.82) is 0 Å². The van der Waals surface area contributed by atoms with Gasteiger partial charge in [-0.1, -0.05) is 18.2 Å². The minimum Gasteiger partial charge on any atom is -0.361 e. The Morgan fingerprint density at radius 3 is 2.79 bits per heavy atom. The highest BCUT2D eigenvalue weighted by molar-refractivity contribution is 14.1. The molecule has 0 bridgehead atoms. The maximum Gasteiger partial charge on any atom is 0.257 e. The van der Waals surface area contributed by atoms with Crippen molar-refractivity contribution < 1.29 is 4.79 Å². The number of hydrogen-bond donors (Lipinski definition) is 2. The van der Waals surface area contributed by atoms with Gasteiger partial charge in [-0.15, -0.1) is 0 Å². The molecule has 0 radical (unpaired) electrons. The zero-order valence-corrected chi connectivity index (χ0v) is 12.1. The molecule has 0 unspecified atom stereocenters. The van der Waals surface area contributed by atoms with Crippen molar-refractivity contribution >= 4 is 45.1 Å². The van der Waals surface area contributed by atoms with Crippen LogP contribution in [0.15, 0.2) is 54.7 Å². The highest BCUT2D eigenvalue weighted by Gasteiger charge is 2.10. The molecule has 0 aliphatic rings. The summed E-state index contributed by atoms with van der Waals surface area (Å²) < 4.78 is 1.09. The van der Waals surface area contributed by atoms with Crippen LogP contribution < -0.4 is 5.32 Å². The summed E-state index contributed by atoms with van der Waals surface area (Å²) in [5.74, 6) is -0.102. The monoisotopic (exact) mass is 362 g/mol. The molecule has 2 N–H and O–H groups in total. The smallest absolute Gasteiger partial charge is 0.257 e. The van der Waals surface area contributed by atoms with Crippen LogP contribution in [0.1, 0.15) is 10.4 Å². The number of amides is 1. The molecule has 0 atom stereocenters. The molecular weight excluding hydrogens is 351 g/mol. The lowest BCUT2D eigenvalue weighted by atomic mass is 10.1. The number of benzene rings is 2. The topological polar surface area (TPSA) is 44.9 Å². The molecule has 1 aromatic heterocycles. The van der Waals surface area contributed by atoms with E-state index in [2.05, 4.69) is 32.9 Å². The van der Waals surface area contributed by atoms with Crippen LogP contribution in [0, 0.1) is 3.57 Å². The minimum atomic E-state index is -0.102. The second-order valence-electron chi connectivity index (χ2n) is 4.21. The maximum absolute atomic E-state index is 12.3. The van der Waals surface area contributed by atoms with Crippen molar-refractivity contribution in [2.45, 2.75) is 0 Å². The van der Waals surface area contributed by atoms with Crippen molar-refractivity contribution in [3.8, 4) is 0 Å². The highest BCUT2D eigenvalue weighted by Crippen LogP contribution is 2.19. The third kappa shape index (κ3) is 2.49. The fraction of sp³-hybridized carbons (Fsp3) is 0. The SMILES string of the molecule is O=C(Nc1cccc(I)c1)c1cccc2cc[nH]c12. The molecular formula is C15H11IN2O. The van der Waals surface area contributed by atoms with Crippen LogP contribution in [0.2, 0.25) is 0 Å². The van der Waals surface area contributed by atoms with E-state index in [1.54, 1.807) is 0 Å². The van der Waals surface area contributed by atoms with E-state index >= 15 is 0 Å². The molecule has 94 valence electrons.